The molecule has 96 valence electrons. The van der Waals surface area contributed by atoms with Crippen LogP contribution in [0.1, 0.15) is 36.6 Å². The largest absolute Gasteiger partial charge is 0.316 e. The van der Waals surface area contributed by atoms with Gasteiger partial charge in [0.15, 0.2) is 0 Å². The summed E-state index contributed by atoms with van der Waals surface area (Å²) in [5.41, 5.74) is 4.84. The molecule has 18 heavy (non-hydrogen) atoms. The highest BCUT2D eigenvalue weighted by Gasteiger charge is 2.07. The second kappa shape index (κ2) is 5.36. The summed E-state index contributed by atoms with van der Waals surface area (Å²) in [4.78, 5) is 0. The zero-order valence-corrected chi connectivity index (χ0v) is 11.6. The van der Waals surface area contributed by atoms with Gasteiger partial charge in [0, 0.05) is 12.7 Å². The molecule has 1 aromatic heterocycles. The average molecular weight is 243 g/mol. The molecule has 0 amide bonds. The van der Waals surface area contributed by atoms with E-state index in [4.69, 9.17) is 0 Å². The molecule has 0 unspecified atom stereocenters. The number of benzene rings is 1. The Kier molecular flexibility index (Phi) is 3.82. The van der Waals surface area contributed by atoms with Crippen molar-refractivity contribution in [3.63, 3.8) is 0 Å². The van der Waals surface area contributed by atoms with Crippen LogP contribution in [0.2, 0.25) is 0 Å². The van der Waals surface area contributed by atoms with Crippen LogP contribution in [-0.2, 0) is 6.54 Å². The molecule has 0 atom stereocenters. The fourth-order valence-corrected chi connectivity index (χ4v) is 2.07. The Labute approximate surface area is 109 Å². The van der Waals surface area contributed by atoms with Gasteiger partial charge in [0.1, 0.15) is 0 Å². The minimum Gasteiger partial charge on any atom is -0.316 e. The predicted molar refractivity (Wildman–Crippen MR) is 75.2 cm³/mol. The maximum Gasteiger partial charge on any atom is 0.0675 e. The minimum absolute atomic E-state index is 0.468. The summed E-state index contributed by atoms with van der Waals surface area (Å²) in [5.74, 6) is 0.468. The molecule has 3 heteroatoms. The molecule has 1 aromatic carbocycles. The Bertz CT molecular complexity index is 526. The summed E-state index contributed by atoms with van der Waals surface area (Å²) >= 11 is 0. The first kappa shape index (κ1) is 12.8. The Morgan fingerprint density at radius 3 is 2.61 bits per heavy atom. The van der Waals surface area contributed by atoms with E-state index in [9.17, 15) is 0 Å². The van der Waals surface area contributed by atoms with Crippen molar-refractivity contribution < 1.29 is 0 Å². The molecular formula is C15H21N3. The van der Waals surface area contributed by atoms with Crippen LogP contribution < -0.4 is 5.32 Å². The van der Waals surface area contributed by atoms with Crippen molar-refractivity contribution in [1.82, 2.24) is 15.1 Å². The third kappa shape index (κ3) is 2.62. The van der Waals surface area contributed by atoms with Gasteiger partial charge < -0.3 is 5.32 Å². The van der Waals surface area contributed by atoms with Crippen LogP contribution in [0.25, 0.3) is 5.69 Å². The van der Waals surface area contributed by atoms with E-state index in [2.05, 4.69) is 55.5 Å². The fraction of sp³-hybridized carbons (Fsp3) is 0.400. The third-order valence-corrected chi connectivity index (χ3v) is 3.09. The number of nitrogens with one attached hydrogen (secondary N) is 1. The summed E-state index contributed by atoms with van der Waals surface area (Å²) in [6, 6.07) is 8.59. The van der Waals surface area contributed by atoms with Crippen LogP contribution in [0.3, 0.4) is 0 Å². The normalized spacial score (nSPS) is 11.2. The van der Waals surface area contributed by atoms with Crippen molar-refractivity contribution >= 4 is 0 Å². The van der Waals surface area contributed by atoms with E-state index in [1.165, 1.54) is 11.1 Å². The maximum atomic E-state index is 4.62. The SMILES string of the molecule is CNCc1ccc(-n2ccc(C(C)C)n2)c(C)c1. The third-order valence-electron chi connectivity index (χ3n) is 3.09. The van der Waals surface area contributed by atoms with E-state index >= 15 is 0 Å². The quantitative estimate of drug-likeness (QED) is 0.894. The highest BCUT2D eigenvalue weighted by Crippen LogP contribution is 2.18. The number of hydrogen-bond donors (Lipinski definition) is 1. The van der Waals surface area contributed by atoms with Gasteiger partial charge in [-0.1, -0.05) is 26.0 Å². The molecule has 0 fully saturated rings. The molecule has 3 nitrogen and oxygen atoms in total. The maximum absolute atomic E-state index is 4.62. The number of hydrogen-bond acceptors (Lipinski definition) is 2. The van der Waals surface area contributed by atoms with Crippen molar-refractivity contribution in [3.8, 4) is 5.69 Å². The van der Waals surface area contributed by atoms with Gasteiger partial charge in [-0.2, -0.15) is 5.10 Å². The van der Waals surface area contributed by atoms with Gasteiger partial charge >= 0.3 is 0 Å². The summed E-state index contributed by atoms with van der Waals surface area (Å²) in [6.45, 7) is 7.35. The zero-order valence-electron chi connectivity index (χ0n) is 11.6. The van der Waals surface area contributed by atoms with Crippen LogP contribution in [0.4, 0.5) is 0 Å². The van der Waals surface area contributed by atoms with E-state index in [0.29, 0.717) is 5.92 Å². The number of nitrogens with zero attached hydrogens (tertiary/aromatic N) is 2. The molecule has 0 aliphatic carbocycles. The van der Waals surface area contributed by atoms with Crippen LogP contribution in [0, 0.1) is 6.92 Å². The molecule has 0 aliphatic rings. The van der Waals surface area contributed by atoms with Crippen LogP contribution in [-0.4, -0.2) is 16.8 Å². The fourth-order valence-electron chi connectivity index (χ4n) is 2.07. The summed E-state index contributed by atoms with van der Waals surface area (Å²) < 4.78 is 1.97. The lowest BCUT2D eigenvalue weighted by molar-refractivity contribution is 0.764. The Hall–Kier alpha value is -1.61. The summed E-state index contributed by atoms with van der Waals surface area (Å²) in [6.07, 6.45) is 2.04. The lowest BCUT2D eigenvalue weighted by Gasteiger charge is -2.09. The monoisotopic (exact) mass is 243 g/mol. The Morgan fingerprint density at radius 1 is 1.28 bits per heavy atom. The van der Waals surface area contributed by atoms with Crippen LogP contribution in [0.5, 0.6) is 0 Å². The average Bonchev–Trinajstić information content (AvgIpc) is 2.79. The molecule has 0 radical (unpaired) electrons. The van der Waals surface area contributed by atoms with E-state index in [0.717, 1.165) is 17.9 Å². The molecule has 0 bridgehead atoms. The van der Waals surface area contributed by atoms with Gasteiger partial charge in [-0.3, -0.25) is 0 Å². The number of aryl methyl sites for hydroxylation is 1. The van der Waals surface area contributed by atoms with Crippen molar-refractivity contribution in [1.29, 1.82) is 0 Å². The number of rotatable bonds is 4. The molecule has 2 rings (SSSR count). The highest BCUT2D eigenvalue weighted by molar-refractivity contribution is 5.42. The van der Waals surface area contributed by atoms with E-state index in [1.807, 2.05) is 17.9 Å². The van der Waals surface area contributed by atoms with E-state index in [1.54, 1.807) is 0 Å². The molecule has 1 N–H and O–H groups in total. The molecule has 0 aliphatic heterocycles. The van der Waals surface area contributed by atoms with Crippen molar-refractivity contribution in [2.45, 2.75) is 33.2 Å². The van der Waals surface area contributed by atoms with Gasteiger partial charge in [0.05, 0.1) is 11.4 Å². The molecule has 0 saturated carbocycles. The Balaban J connectivity index is 2.32. The van der Waals surface area contributed by atoms with E-state index < -0.39 is 0 Å². The zero-order chi connectivity index (χ0) is 13.1. The lowest BCUT2D eigenvalue weighted by Crippen LogP contribution is -2.06. The van der Waals surface area contributed by atoms with E-state index in [-0.39, 0.29) is 0 Å². The van der Waals surface area contributed by atoms with Crippen molar-refractivity contribution in [2.75, 3.05) is 7.05 Å². The minimum atomic E-state index is 0.468. The second-order valence-corrected chi connectivity index (χ2v) is 4.99. The van der Waals surface area contributed by atoms with Gasteiger partial charge in [0.2, 0.25) is 0 Å². The van der Waals surface area contributed by atoms with Crippen molar-refractivity contribution in [3.05, 3.63) is 47.3 Å². The molecule has 2 aromatic rings. The molecule has 0 saturated heterocycles. The van der Waals surface area contributed by atoms with Gasteiger partial charge in [0.25, 0.3) is 0 Å². The van der Waals surface area contributed by atoms with Crippen LogP contribution in [0.15, 0.2) is 30.5 Å². The summed E-state index contributed by atoms with van der Waals surface area (Å²) in [5, 5.41) is 7.78. The van der Waals surface area contributed by atoms with Gasteiger partial charge in [-0.15, -0.1) is 0 Å². The first-order valence-corrected chi connectivity index (χ1v) is 6.42. The first-order chi connectivity index (χ1) is 8.61. The Morgan fingerprint density at radius 2 is 2.06 bits per heavy atom. The van der Waals surface area contributed by atoms with Crippen molar-refractivity contribution in [2.24, 2.45) is 0 Å². The standard InChI is InChI=1S/C15H21N3/c1-11(2)14-7-8-18(17-14)15-6-5-13(10-16-4)9-12(15)3/h5-9,11,16H,10H2,1-4H3. The molecule has 0 spiro atoms. The highest BCUT2D eigenvalue weighted by atomic mass is 15.3. The predicted octanol–water partition coefficient (Wildman–Crippen LogP) is 3.02. The van der Waals surface area contributed by atoms with Crippen LogP contribution >= 0.6 is 0 Å². The smallest absolute Gasteiger partial charge is 0.0675 e. The topological polar surface area (TPSA) is 29.9 Å². The molecule has 1 heterocycles. The number of aromatic nitrogens is 2. The van der Waals surface area contributed by atoms with Gasteiger partial charge in [-0.25, -0.2) is 4.68 Å². The second-order valence-electron chi connectivity index (χ2n) is 4.99. The van der Waals surface area contributed by atoms with Gasteiger partial charge in [-0.05, 0) is 43.1 Å². The summed E-state index contributed by atoms with van der Waals surface area (Å²) in [7, 11) is 1.96. The lowest BCUT2D eigenvalue weighted by atomic mass is 10.1. The first-order valence-electron chi connectivity index (χ1n) is 6.42. The molecular weight excluding hydrogens is 222 g/mol.